The van der Waals surface area contributed by atoms with Gasteiger partial charge in [-0.2, -0.15) is 0 Å². The van der Waals surface area contributed by atoms with Crippen LogP contribution in [0.2, 0.25) is 0 Å². The van der Waals surface area contributed by atoms with E-state index in [-0.39, 0.29) is 29.6 Å². The van der Waals surface area contributed by atoms with Gasteiger partial charge in [0.2, 0.25) is 15.9 Å². The largest absolute Gasteiger partial charge is 0.356 e. The molecule has 0 spiro atoms. The van der Waals surface area contributed by atoms with Crippen molar-refractivity contribution in [3.63, 3.8) is 0 Å². The Hall–Kier alpha value is -2.51. The molecular formula is C19H22N2O4S. The van der Waals surface area contributed by atoms with Gasteiger partial charge in [-0.25, -0.2) is 13.1 Å². The monoisotopic (exact) mass is 374 g/mol. The van der Waals surface area contributed by atoms with Gasteiger partial charge in [0, 0.05) is 25.1 Å². The summed E-state index contributed by atoms with van der Waals surface area (Å²) in [6.45, 7) is 1.92. The summed E-state index contributed by atoms with van der Waals surface area (Å²) in [7, 11) is -3.70. The fraction of sp³-hybridized carbons (Fsp3) is 0.263. The van der Waals surface area contributed by atoms with Crippen LogP contribution >= 0.6 is 0 Å². The second-order valence-corrected chi connectivity index (χ2v) is 7.58. The van der Waals surface area contributed by atoms with Crippen LogP contribution in [0.5, 0.6) is 0 Å². The minimum absolute atomic E-state index is 0.00790. The minimum Gasteiger partial charge on any atom is -0.356 e. The van der Waals surface area contributed by atoms with Gasteiger partial charge in [-0.3, -0.25) is 9.59 Å². The Balaban J connectivity index is 1.75. The van der Waals surface area contributed by atoms with Gasteiger partial charge in [0.1, 0.15) is 0 Å². The van der Waals surface area contributed by atoms with Crippen LogP contribution in [-0.2, 0) is 21.2 Å². The quantitative estimate of drug-likeness (QED) is 0.656. The maximum atomic E-state index is 12.2. The van der Waals surface area contributed by atoms with Crippen LogP contribution in [-0.4, -0.2) is 33.2 Å². The highest BCUT2D eigenvalue weighted by Crippen LogP contribution is 2.10. The lowest BCUT2D eigenvalue weighted by Gasteiger charge is -2.08. The number of nitrogens with one attached hydrogen (secondary N) is 2. The number of amides is 1. The zero-order chi connectivity index (χ0) is 19.0. The van der Waals surface area contributed by atoms with E-state index in [0.717, 1.165) is 12.0 Å². The highest BCUT2D eigenvalue weighted by molar-refractivity contribution is 7.89. The first-order valence-corrected chi connectivity index (χ1v) is 9.78. The van der Waals surface area contributed by atoms with Crippen molar-refractivity contribution in [3.05, 3.63) is 65.7 Å². The van der Waals surface area contributed by atoms with Gasteiger partial charge in [-0.05, 0) is 31.0 Å². The predicted molar refractivity (Wildman–Crippen MR) is 99.4 cm³/mol. The van der Waals surface area contributed by atoms with Crippen molar-refractivity contribution in [3.8, 4) is 0 Å². The molecule has 0 atom stereocenters. The van der Waals surface area contributed by atoms with Crippen LogP contribution in [0.1, 0.15) is 29.3 Å². The molecule has 2 aromatic carbocycles. The lowest BCUT2D eigenvalue weighted by atomic mass is 10.1. The summed E-state index contributed by atoms with van der Waals surface area (Å²) in [6.07, 6.45) is 0.778. The molecule has 0 radical (unpaired) electrons. The molecule has 6 nitrogen and oxygen atoms in total. The number of hydrogen-bond acceptors (Lipinski definition) is 4. The molecule has 2 aromatic rings. The Labute approximate surface area is 153 Å². The number of ketones is 1. The molecule has 1 amide bonds. The third-order valence-electron chi connectivity index (χ3n) is 3.79. The van der Waals surface area contributed by atoms with Gasteiger partial charge in [-0.15, -0.1) is 0 Å². The normalized spacial score (nSPS) is 11.1. The maximum Gasteiger partial charge on any atom is 0.240 e. The van der Waals surface area contributed by atoms with Gasteiger partial charge in [-0.1, -0.05) is 42.5 Å². The number of carbonyl (C=O) groups is 2. The summed E-state index contributed by atoms with van der Waals surface area (Å²) in [6, 6.07) is 15.5. The Morgan fingerprint density at radius 2 is 1.58 bits per heavy atom. The van der Waals surface area contributed by atoms with Crippen LogP contribution in [0.4, 0.5) is 0 Å². The van der Waals surface area contributed by atoms with Crippen molar-refractivity contribution in [2.75, 3.05) is 13.1 Å². The number of Topliss-reactive ketones (excluding diaryl/α,β-unsaturated/α-hetero) is 1. The number of rotatable bonds is 9. The first-order chi connectivity index (χ1) is 12.4. The molecule has 0 unspecified atom stereocenters. The number of benzene rings is 2. The summed E-state index contributed by atoms with van der Waals surface area (Å²) in [5, 5.41) is 2.77. The van der Waals surface area contributed by atoms with E-state index in [1.807, 2.05) is 30.3 Å². The number of hydrogen-bond donors (Lipinski definition) is 2. The average molecular weight is 374 g/mol. The summed E-state index contributed by atoms with van der Waals surface area (Å²) in [4.78, 5) is 23.1. The smallest absolute Gasteiger partial charge is 0.240 e. The molecule has 0 aliphatic rings. The highest BCUT2D eigenvalue weighted by atomic mass is 32.2. The number of sulfonamides is 1. The molecule has 0 aromatic heterocycles. The second-order valence-electron chi connectivity index (χ2n) is 5.81. The molecule has 0 saturated heterocycles. The number of carbonyl (C=O) groups excluding carboxylic acids is 2. The first kappa shape index (κ1) is 19.8. The van der Waals surface area contributed by atoms with Crippen molar-refractivity contribution >= 4 is 21.7 Å². The van der Waals surface area contributed by atoms with Gasteiger partial charge >= 0.3 is 0 Å². The zero-order valence-corrected chi connectivity index (χ0v) is 15.4. The molecule has 2 N–H and O–H groups in total. The lowest BCUT2D eigenvalue weighted by molar-refractivity contribution is -0.120. The van der Waals surface area contributed by atoms with Gasteiger partial charge in [0.05, 0.1) is 4.90 Å². The van der Waals surface area contributed by atoms with Crippen molar-refractivity contribution in [2.24, 2.45) is 0 Å². The van der Waals surface area contributed by atoms with Crippen molar-refractivity contribution in [1.29, 1.82) is 0 Å². The fourth-order valence-electron chi connectivity index (χ4n) is 2.33. The Morgan fingerprint density at radius 1 is 0.923 bits per heavy atom. The second kappa shape index (κ2) is 9.26. The first-order valence-electron chi connectivity index (χ1n) is 8.30. The topological polar surface area (TPSA) is 92.3 Å². The predicted octanol–water partition coefficient (Wildman–Crippen LogP) is 1.92. The molecule has 138 valence electrons. The van der Waals surface area contributed by atoms with Crippen LogP contribution in [0.3, 0.4) is 0 Å². The molecule has 0 heterocycles. The molecule has 0 fully saturated rings. The Bertz CT molecular complexity index is 847. The summed E-state index contributed by atoms with van der Waals surface area (Å²) in [5.41, 5.74) is 1.57. The van der Waals surface area contributed by atoms with Crippen molar-refractivity contribution in [2.45, 2.75) is 24.7 Å². The van der Waals surface area contributed by atoms with Crippen molar-refractivity contribution in [1.82, 2.24) is 10.0 Å². The van der Waals surface area contributed by atoms with E-state index < -0.39 is 10.0 Å². The van der Waals surface area contributed by atoms with Crippen LogP contribution in [0.15, 0.2) is 59.5 Å². The third kappa shape index (κ3) is 6.09. The molecule has 0 saturated carbocycles. The van der Waals surface area contributed by atoms with Crippen LogP contribution in [0.25, 0.3) is 0 Å². The SMILES string of the molecule is CC(=O)c1ccc(S(=O)(=O)NCCC(=O)NCCc2ccccc2)cc1. The van der Waals surface area contributed by atoms with Crippen LogP contribution in [0, 0.1) is 0 Å². The van der Waals surface area contributed by atoms with E-state index in [9.17, 15) is 18.0 Å². The highest BCUT2D eigenvalue weighted by Gasteiger charge is 2.14. The fourth-order valence-corrected chi connectivity index (χ4v) is 3.36. The molecular weight excluding hydrogens is 352 g/mol. The van der Waals surface area contributed by atoms with E-state index in [4.69, 9.17) is 0 Å². The van der Waals surface area contributed by atoms with E-state index >= 15 is 0 Å². The summed E-state index contributed by atoms with van der Waals surface area (Å²) < 4.78 is 26.7. The maximum absolute atomic E-state index is 12.2. The minimum atomic E-state index is -3.70. The standard InChI is InChI=1S/C19H22N2O4S/c1-15(22)17-7-9-18(10-8-17)26(24,25)21-14-12-19(23)20-13-11-16-5-3-2-4-6-16/h2-10,21H,11-14H2,1H3,(H,20,23). The van der Waals surface area contributed by atoms with E-state index in [0.29, 0.717) is 12.1 Å². The van der Waals surface area contributed by atoms with Crippen LogP contribution < -0.4 is 10.0 Å². The third-order valence-corrected chi connectivity index (χ3v) is 5.27. The molecule has 0 aliphatic heterocycles. The van der Waals surface area contributed by atoms with Gasteiger partial charge < -0.3 is 5.32 Å². The Kier molecular flexibility index (Phi) is 7.06. The lowest BCUT2D eigenvalue weighted by Crippen LogP contribution is -2.31. The summed E-state index contributed by atoms with van der Waals surface area (Å²) >= 11 is 0. The average Bonchev–Trinajstić information content (AvgIpc) is 2.62. The Morgan fingerprint density at radius 3 is 2.19 bits per heavy atom. The molecule has 0 bridgehead atoms. The van der Waals surface area contributed by atoms with E-state index in [1.165, 1.54) is 31.2 Å². The van der Waals surface area contributed by atoms with Gasteiger partial charge in [0.25, 0.3) is 0 Å². The van der Waals surface area contributed by atoms with E-state index in [2.05, 4.69) is 10.0 Å². The van der Waals surface area contributed by atoms with E-state index in [1.54, 1.807) is 0 Å². The molecule has 0 aliphatic carbocycles. The van der Waals surface area contributed by atoms with Crippen molar-refractivity contribution < 1.29 is 18.0 Å². The molecule has 7 heteroatoms. The summed E-state index contributed by atoms with van der Waals surface area (Å²) in [5.74, 6) is -0.343. The van der Waals surface area contributed by atoms with Gasteiger partial charge in [0.15, 0.2) is 5.78 Å². The molecule has 2 rings (SSSR count). The zero-order valence-electron chi connectivity index (χ0n) is 14.6. The molecule has 26 heavy (non-hydrogen) atoms.